The molecule has 0 atom stereocenters. The Balaban J connectivity index is 2.70. The van der Waals surface area contributed by atoms with Gasteiger partial charge in [-0.25, -0.2) is 4.84 Å². The minimum atomic E-state index is -1.31. The Kier molecular flexibility index (Phi) is 0.547. The summed E-state index contributed by atoms with van der Waals surface area (Å²) >= 11 is 0. The molecule has 1 N–H and O–H groups in total. The van der Waals surface area contributed by atoms with Crippen LogP contribution in [-0.2, 0) is 4.84 Å². The largest absolute Gasteiger partial charge is 0.335 e. The summed E-state index contributed by atoms with van der Waals surface area (Å²) in [6.07, 6.45) is 0. The second-order valence-corrected chi connectivity index (χ2v) is 1.11. The summed E-state index contributed by atoms with van der Waals surface area (Å²) < 4.78 is 0. The maximum absolute atomic E-state index is 8.00. The van der Waals surface area contributed by atoms with Crippen LogP contribution in [0, 0.1) is 22.7 Å². The van der Waals surface area contributed by atoms with Gasteiger partial charge in [0.05, 0.1) is 0 Å². The molecule has 1 aliphatic heterocycles. The van der Waals surface area contributed by atoms with Crippen LogP contribution >= 0.6 is 0 Å². The average molecular weight is 95.1 g/mol. The van der Waals surface area contributed by atoms with Gasteiger partial charge < -0.3 is 0 Å². The van der Waals surface area contributed by atoms with Crippen molar-refractivity contribution < 1.29 is 4.84 Å². The van der Waals surface area contributed by atoms with Crippen molar-refractivity contribution >= 4 is 0 Å². The second-order valence-electron chi connectivity index (χ2n) is 1.11. The van der Waals surface area contributed by atoms with Crippen molar-refractivity contribution in [2.75, 3.05) is 0 Å². The molecule has 0 amide bonds. The van der Waals surface area contributed by atoms with Crippen LogP contribution in [0.1, 0.15) is 0 Å². The molecule has 34 valence electrons. The highest BCUT2D eigenvalue weighted by atomic mass is 16.8. The van der Waals surface area contributed by atoms with Crippen LogP contribution in [0.4, 0.5) is 0 Å². The molecule has 0 aromatic carbocycles. The average Bonchev–Trinajstić information content (AvgIpc) is 2.46. The minimum Gasteiger partial charge on any atom is -0.242 e. The second kappa shape index (κ2) is 0.941. The third kappa shape index (κ3) is 0.420. The highest BCUT2D eigenvalue weighted by Gasteiger charge is 2.46. The molecule has 0 bridgehead atoms. The van der Waals surface area contributed by atoms with E-state index >= 15 is 0 Å². The van der Waals surface area contributed by atoms with E-state index < -0.39 is 5.72 Å². The first-order valence-electron chi connectivity index (χ1n) is 1.61. The van der Waals surface area contributed by atoms with Gasteiger partial charge in [0.15, 0.2) is 0 Å². The molecule has 1 fully saturated rings. The normalized spacial score (nSPS) is 22.0. The summed E-state index contributed by atoms with van der Waals surface area (Å²) in [4.78, 5) is 4.22. The van der Waals surface area contributed by atoms with Crippen molar-refractivity contribution in [2.24, 2.45) is 0 Å². The molecule has 1 heterocycles. The van der Waals surface area contributed by atoms with Crippen LogP contribution in [0.2, 0.25) is 0 Å². The summed E-state index contributed by atoms with van der Waals surface area (Å²) in [7, 11) is 0. The lowest BCUT2D eigenvalue weighted by atomic mass is 10.4. The number of nitriles is 2. The molecule has 0 spiro atoms. The van der Waals surface area contributed by atoms with Gasteiger partial charge in [-0.1, -0.05) is 0 Å². The third-order valence-electron chi connectivity index (χ3n) is 0.621. The van der Waals surface area contributed by atoms with E-state index in [4.69, 9.17) is 10.5 Å². The van der Waals surface area contributed by atoms with Crippen LogP contribution in [0.15, 0.2) is 0 Å². The SMILES string of the molecule is N#CC1(C#N)NO1. The molecule has 0 radical (unpaired) electrons. The summed E-state index contributed by atoms with van der Waals surface area (Å²) in [5.41, 5.74) is 0.819. The number of hydrogen-bond acceptors (Lipinski definition) is 4. The Morgan fingerprint density at radius 3 is 1.86 bits per heavy atom. The summed E-state index contributed by atoms with van der Waals surface area (Å²) in [6, 6.07) is 3.22. The van der Waals surface area contributed by atoms with Gasteiger partial charge in [-0.15, -0.1) is 5.48 Å². The van der Waals surface area contributed by atoms with Crippen molar-refractivity contribution in [2.45, 2.75) is 5.72 Å². The monoisotopic (exact) mass is 95.0 g/mol. The van der Waals surface area contributed by atoms with Crippen LogP contribution in [0.5, 0.6) is 0 Å². The van der Waals surface area contributed by atoms with Gasteiger partial charge in [0.2, 0.25) is 0 Å². The highest BCUT2D eigenvalue weighted by molar-refractivity contribution is 5.19. The Morgan fingerprint density at radius 1 is 1.43 bits per heavy atom. The Labute approximate surface area is 39.9 Å². The lowest BCUT2D eigenvalue weighted by molar-refractivity contribution is 0.366. The molecule has 4 heteroatoms. The molecule has 1 saturated heterocycles. The first-order valence-corrected chi connectivity index (χ1v) is 1.61. The van der Waals surface area contributed by atoms with Crippen LogP contribution in [0.25, 0.3) is 0 Å². The van der Waals surface area contributed by atoms with Crippen LogP contribution < -0.4 is 5.48 Å². The maximum atomic E-state index is 8.00. The quantitative estimate of drug-likeness (QED) is 0.402. The van der Waals surface area contributed by atoms with E-state index in [1.807, 2.05) is 0 Å². The smallest absolute Gasteiger partial charge is 0.242 e. The molecular weight excluding hydrogens is 94.1 g/mol. The molecule has 0 aromatic rings. The number of nitrogens with zero attached hydrogens (tertiary/aromatic N) is 2. The maximum Gasteiger partial charge on any atom is 0.335 e. The number of hydrogen-bond donors (Lipinski definition) is 1. The summed E-state index contributed by atoms with van der Waals surface area (Å²) in [5, 5.41) is 16.0. The third-order valence-corrected chi connectivity index (χ3v) is 0.621. The van der Waals surface area contributed by atoms with Gasteiger partial charge in [-0.05, 0) is 0 Å². The van der Waals surface area contributed by atoms with Gasteiger partial charge in [0, 0.05) is 0 Å². The predicted octanol–water partition coefficient (Wildman–Crippen LogP) is -0.735. The fourth-order valence-corrected chi connectivity index (χ4v) is 0.167. The zero-order chi connectivity index (χ0) is 5.33. The number of hydroxylamine groups is 1. The van der Waals surface area contributed by atoms with Gasteiger partial charge in [-0.3, -0.25) is 0 Å². The van der Waals surface area contributed by atoms with E-state index in [9.17, 15) is 0 Å². The Hall–Kier alpha value is -1.10. The van der Waals surface area contributed by atoms with E-state index in [1.165, 1.54) is 0 Å². The van der Waals surface area contributed by atoms with Crippen molar-refractivity contribution in [3.05, 3.63) is 0 Å². The predicted molar refractivity (Wildman–Crippen MR) is 18.2 cm³/mol. The molecular formula is C3HN3O. The molecule has 1 aliphatic rings. The van der Waals surface area contributed by atoms with Crippen molar-refractivity contribution in [3.8, 4) is 12.1 Å². The fourth-order valence-electron chi connectivity index (χ4n) is 0.167. The van der Waals surface area contributed by atoms with E-state index in [1.54, 1.807) is 12.1 Å². The van der Waals surface area contributed by atoms with Gasteiger partial charge >= 0.3 is 5.72 Å². The van der Waals surface area contributed by atoms with Crippen molar-refractivity contribution in [1.82, 2.24) is 5.48 Å². The minimum absolute atomic E-state index is 1.31. The molecule has 4 nitrogen and oxygen atoms in total. The summed E-state index contributed by atoms with van der Waals surface area (Å²) in [5.74, 6) is 0. The molecule has 0 aliphatic carbocycles. The fraction of sp³-hybridized carbons (Fsp3) is 0.333. The topological polar surface area (TPSA) is 82.0 Å². The highest BCUT2D eigenvalue weighted by Crippen LogP contribution is 2.14. The van der Waals surface area contributed by atoms with Gasteiger partial charge in [0.1, 0.15) is 12.1 Å². The molecule has 7 heavy (non-hydrogen) atoms. The van der Waals surface area contributed by atoms with Crippen molar-refractivity contribution in [1.29, 1.82) is 10.5 Å². The molecule has 0 saturated carbocycles. The Morgan fingerprint density at radius 2 is 1.86 bits per heavy atom. The Bertz CT molecular complexity index is 142. The standard InChI is InChI=1S/C3HN3O/c4-1-3(2-5)6-7-3/h6H. The zero-order valence-corrected chi connectivity index (χ0v) is 3.30. The number of nitrogens with one attached hydrogen (secondary N) is 1. The molecule has 0 aromatic heterocycles. The number of rotatable bonds is 0. The summed E-state index contributed by atoms with van der Waals surface area (Å²) in [6.45, 7) is 0. The van der Waals surface area contributed by atoms with E-state index in [0.717, 1.165) is 0 Å². The first kappa shape index (κ1) is 4.07. The first-order chi connectivity index (χ1) is 3.33. The van der Waals surface area contributed by atoms with Crippen LogP contribution in [0.3, 0.4) is 0 Å². The lowest BCUT2D eigenvalue weighted by Gasteiger charge is -1.70. The van der Waals surface area contributed by atoms with Crippen LogP contribution in [-0.4, -0.2) is 5.72 Å². The van der Waals surface area contributed by atoms with E-state index in [-0.39, 0.29) is 0 Å². The van der Waals surface area contributed by atoms with Gasteiger partial charge in [0.25, 0.3) is 0 Å². The van der Waals surface area contributed by atoms with E-state index in [2.05, 4.69) is 10.3 Å². The van der Waals surface area contributed by atoms with Gasteiger partial charge in [-0.2, -0.15) is 10.5 Å². The molecule has 1 rings (SSSR count). The zero-order valence-electron chi connectivity index (χ0n) is 3.30. The lowest BCUT2D eigenvalue weighted by Crippen LogP contribution is -2.05. The van der Waals surface area contributed by atoms with Crippen molar-refractivity contribution in [3.63, 3.8) is 0 Å². The molecule has 0 unspecified atom stereocenters. The van der Waals surface area contributed by atoms with E-state index in [0.29, 0.717) is 0 Å².